The van der Waals surface area contributed by atoms with E-state index in [4.69, 9.17) is 0 Å². The molecule has 0 heterocycles. The molecule has 0 atom stereocenters. The predicted molar refractivity (Wildman–Crippen MR) is 79.8 cm³/mol. The van der Waals surface area contributed by atoms with Crippen LogP contribution in [0, 0.1) is 0 Å². The van der Waals surface area contributed by atoms with E-state index in [0.29, 0.717) is 15.0 Å². The Morgan fingerprint density at radius 2 is 1.53 bits per heavy atom. The van der Waals surface area contributed by atoms with Gasteiger partial charge < -0.3 is 0 Å². The van der Waals surface area contributed by atoms with Crippen LogP contribution in [0.1, 0.15) is 5.56 Å². The van der Waals surface area contributed by atoms with Gasteiger partial charge in [-0.15, -0.1) is 0 Å². The number of thioether (sulfide) groups is 1. The van der Waals surface area contributed by atoms with Crippen LogP contribution in [0.2, 0.25) is 0 Å². The zero-order chi connectivity index (χ0) is 11.9. The molecule has 2 aromatic carbocycles. The SMILES string of the molecule is CS/C(=C\c1ccccc1)[Se]c1ccccc1. The first-order valence-corrected chi connectivity index (χ1v) is 8.36. The van der Waals surface area contributed by atoms with Crippen LogP contribution in [0.4, 0.5) is 0 Å². The predicted octanol–water partition coefficient (Wildman–Crippen LogP) is 3.38. The molecule has 2 rings (SSSR count). The summed E-state index contributed by atoms with van der Waals surface area (Å²) >= 11 is 2.26. The molecule has 0 aliphatic heterocycles. The van der Waals surface area contributed by atoms with E-state index >= 15 is 0 Å². The number of hydrogen-bond acceptors (Lipinski definition) is 1. The van der Waals surface area contributed by atoms with E-state index in [1.165, 1.54) is 13.8 Å². The summed E-state index contributed by atoms with van der Waals surface area (Å²) in [6, 6.07) is 21.2. The van der Waals surface area contributed by atoms with Crippen molar-refractivity contribution in [2.75, 3.05) is 6.26 Å². The van der Waals surface area contributed by atoms with E-state index in [0.717, 1.165) is 0 Å². The monoisotopic (exact) mass is 306 g/mol. The normalized spacial score (nSPS) is 11.5. The first-order valence-electron chi connectivity index (χ1n) is 5.42. The van der Waals surface area contributed by atoms with Gasteiger partial charge in [0.15, 0.2) is 0 Å². The van der Waals surface area contributed by atoms with Crippen LogP contribution in [0.3, 0.4) is 0 Å². The minimum atomic E-state index is 0.413. The van der Waals surface area contributed by atoms with Gasteiger partial charge in [-0.1, -0.05) is 0 Å². The Morgan fingerprint density at radius 3 is 2.12 bits per heavy atom. The average Bonchev–Trinajstić information content (AvgIpc) is 2.40. The third-order valence-corrected chi connectivity index (χ3v) is 5.98. The van der Waals surface area contributed by atoms with E-state index < -0.39 is 0 Å². The Hall–Kier alpha value is -0.951. The number of rotatable bonds is 4. The minimum absolute atomic E-state index is 0.413. The second-order valence-corrected chi connectivity index (χ2v) is 7.26. The van der Waals surface area contributed by atoms with E-state index in [9.17, 15) is 0 Å². The van der Waals surface area contributed by atoms with Crippen molar-refractivity contribution in [3.8, 4) is 0 Å². The van der Waals surface area contributed by atoms with Gasteiger partial charge in [-0.3, -0.25) is 0 Å². The molecular weight excluding hydrogens is 291 g/mol. The molecular formula is C15H14SSe. The zero-order valence-electron chi connectivity index (χ0n) is 9.67. The fourth-order valence-electron chi connectivity index (χ4n) is 1.42. The summed E-state index contributed by atoms with van der Waals surface area (Å²) in [5.74, 6) is 0. The molecule has 0 nitrogen and oxygen atoms in total. The number of hydrogen-bond donors (Lipinski definition) is 0. The van der Waals surface area contributed by atoms with Crippen LogP contribution in [-0.2, 0) is 0 Å². The van der Waals surface area contributed by atoms with Gasteiger partial charge in [0, 0.05) is 0 Å². The molecule has 0 spiro atoms. The Balaban J connectivity index is 2.15. The molecule has 0 amide bonds. The van der Waals surface area contributed by atoms with Crippen LogP contribution < -0.4 is 4.46 Å². The zero-order valence-corrected chi connectivity index (χ0v) is 12.2. The molecule has 2 aromatic rings. The molecule has 0 radical (unpaired) electrons. The van der Waals surface area contributed by atoms with Crippen molar-refractivity contribution in [3.63, 3.8) is 0 Å². The molecule has 0 aliphatic carbocycles. The molecule has 2 heteroatoms. The molecule has 86 valence electrons. The molecule has 0 aromatic heterocycles. The molecule has 0 saturated heterocycles. The van der Waals surface area contributed by atoms with Crippen LogP contribution in [0.15, 0.2) is 64.5 Å². The summed E-state index contributed by atoms with van der Waals surface area (Å²) < 4.78 is 2.88. The van der Waals surface area contributed by atoms with Crippen LogP contribution >= 0.6 is 11.8 Å². The standard InChI is InChI=1S/C15H14SSe/c1-16-15(12-13-8-4-2-5-9-13)17-14-10-6-3-7-11-14/h2-12H,1H3/b15-12+. The second kappa shape index (κ2) is 6.70. The summed E-state index contributed by atoms with van der Waals surface area (Å²) in [5, 5.41) is 0. The van der Waals surface area contributed by atoms with Gasteiger partial charge in [0.05, 0.1) is 0 Å². The third-order valence-electron chi connectivity index (χ3n) is 2.25. The van der Waals surface area contributed by atoms with E-state index in [-0.39, 0.29) is 0 Å². The average molecular weight is 305 g/mol. The summed E-state index contributed by atoms with van der Waals surface area (Å²) in [4.78, 5) is 0. The van der Waals surface area contributed by atoms with Crippen molar-refractivity contribution >= 4 is 37.3 Å². The van der Waals surface area contributed by atoms with Gasteiger partial charge in [-0.25, -0.2) is 0 Å². The first kappa shape index (κ1) is 12.5. The molecule has 0 unspecified atom stereocenters. The fraction of sp³-hybridized carbons (Fsp3) is 0.0667. The Labute approximate surface area is 113 Å². The Bertz CT molecular complexity index is 477. The molecule has 0 aliphatic rings. The van der Waals surface area contributed by atoms with Crippen molar-refractivity contribution < 1.29 is 0 Å². The number of benzene rings is 2. The van der Waals surface area contributed by atoms with Crippen LogP contribution in [0.5, 0.6) is 0 Å². The van der Waals surface area contributed by atoms with Gasteiger partial charge >= 0.3 is 114 Å². The van der Waals surface area contributed by atoms with E-state index in [1.54, 1.807) is 0 Å². The maximum atomic E-state index is 2.29. The van der Waals surface area contributed by atoms with Crippen molar-refractivity contribution in [1.82, 2.24) is 0 Å². The van der Waals surface area contributed by atoms with Crippen LogP contribution in [0.25, 0.3) is 6.08 Å². The third kappa shape index (κ3) is 4.08. The molecule has 0 fully saturated rings. The first-order chi connectivity index (χ1) is 8.38. The molecule has 0 N–H and O–H groups in total. The second-order valence-electron chi connectivity index (χ2n) is 3.49. The van der Waals surface area contributed by atoms with Gasteiger partial charge in [-0.2, -0.15) is 0 Å². The van der Waals surface area contributed by atoms with E-state index in [1.807, 2.05) is 11.8 Å². The van der Waals surface area contributed by atoms with Crippen molar-refractivity contribution in [2.24, 2.45) is 0 Å². The molecule has 0 saturated carbocycles. The van der Waals surface area contributed by atoms with Gasteiger partial charge in [-0.05, 0) is 0 Å². The van der Waals surface area contributed by atoms with Crippen molar-refractivity contribution in [3.05, 3.63) is 70.0 Å². The summed E-state index contributed by atoms with van der Waals surface area (Å²) in [5.41, 5.74) is 1.29. The van der Waals surface area contributed by atoms with E-state index in [2.05, 4.69) is 73.0 Å². The van der Waals surface area contributed by atoms with Gasteiger partial charge in [0.1, 0.15) is 0 Å². The van der Waals surface area contributed by atoms with Gasteiger partial charge in [0.25, 0.3) is 0 Å². The van der Waals surface area contributed by atoms with Crippen molar-refractivity contribution in [1.29, 1.82) is 0 Å². The maximum absolute atomic E-state index is 2.29. The summed E-state index contributed by atoms with van der Waals surface area (Å²) in [6.45, 7) is 0. The quantitative estimate of drug-likeness (QED) is 0.780. The van der Waals surface area contributed by atoms with Crippen molar-refractivity contribution in [2.45, 2.75) is 0 Å². The Morgan fingerprint density at radius 1 is 0.941 bits per heavy atom. The Kier molecular flexibility index (Phi) is 4.93. The molecule has 0 bridgehead atoms. The summed E-state index contributed by atoms with van der Waals surface area (Å²) in [6.07, 6.45) is 4.44. The van der Waals surface area contributed by atoms with Crippen LogP contribution in [-0.4, -0.2) is 21.2 Å². The summed E-state index contributed by atoms with van der Waals surface area (Å²) in [7, 11) is 0. The van der Waals surface area contributed by atoms with Gasteiger partial charge in [0.2, 0.25) is 0 Å². The topological polar surface area (TPSA) is 0 Å². The molecule has 17 heavy (non-hydrogen) atoms. The fourth-order valence-corrected chi connectivity index (χ4v) is 4.29.